The molecule has 1 aliphatic heterocycles. The average Bonchev–Trinajstić information content (AvgIpc) is 2.47. The molecule has 13 heavy (non-hydrogen) atoms. The molecule has 0 saturated carbocycles. The quantitative estimate of drug-likeness (QED) is 0.646. The minimum absolute atomic E-state index is 0.540. The van der Waals surface area contributed by atoms with E-state index in [0.717, 1.165) is 0 Å². The SMILES string of the molecule is C=C(C(C)C)N1CCC(C)(CC)C1. The van der Waals surface area contributed by atoms with Crippen molar-refractivity contribution in [1.82, 2.24) is 4.90 Å². The Kier molecular flexibility index (Phi) is 3.05. The minimum Gasteiger partial charge on any atom is -0.375 e. The summed E-state index contributed by atoms with van der Waals surface area (Å²) in [6.07, 6.45) is 2.62. The van der Waals surface area contributed by atoms with Crippen LogP contribution in [-0.4, -0.2) is 18.0 Å². The Morgan fingerprint density at radius 2 is 2.15 bits per heavy atom. The molecule has 0 spiro atoms. The molecule has 1 heteroatoms. The molecule has 1 rings (SSSR count). The largest absolute Gasteiger partial charge is 0.375 e. The Hall–Kier alpha value is -0.460. The fraction of sp³-hybridized carbons (Fsp3) is 0.833. The summed E-state index contributed by atoms with van der Waals surface area (Å²) in [5.74, 6) is 0.596. The molecule has 0 aromatic heterocycles. The summed E-state index contributed by atoms with van der Waals surface area (Å²) in [5.41, 5.74) is 1.86. The molecule has 0 bridgehead atoms. The smallest absolute Gasteiger partial charge is 0.0229 e. The first kappa shape index (κ1) is 10.6. The second kappa shape index (κ2) is 3.73. The maximum Gasteiger partial charge on any atom is 0.0229 e. The van der Waals surface area contributed by atoms with Gasteiger partial charge in [-0.05, 0) is 24.2 Å². The molecular formula is C12H23N. The lowest BCUT2D eigenvalue weighted by Crippen LogP contribution is -2.25. The van der Waals surface area contributed by atoms with Gasteiger partial charge in [-0.2, -0.15) is 0 Å². The van der Waals surface area contributed by atoms with E-state index in [1.165, 1.54) is 31.6 Å². The van der Waals surface area contributed by atoms with Crippen molar-refractivity contribution in [3.05, 3.63) is 12.3 Å². The van der Waals surface area contributed by atoms with E-state index in [-0.39, 0.29) is 0 Å². The van der Waals surface area contributed by atoms with Crippen LogP contribution in [0.1, 0.15) is 40.5 Å². The highest BCUT2D eigenvalue weighted by Gasteiger charge is 2.32. The Morgan fingerprint density at radius 1 is 1.54 bits per heavy atom. The number of rotatable bonds is 3. The van der Waals surface area contributed by atoms with E-state index in [0.29, 0.717) is 11.3 Å². The third kappa shape index (κ3) is 2.26. The summed E-state index contributed by atoms with van der Waals surface area (Å²) < 4.78 is 0. The maximum atomic E-state index is 4.16. The van der Waals surface area contributed by atoms with Crippen LogP contribution in [0.3, 0.4) is 0 Å². The monoisotopic (exact) mass is 181 g/mol. The molecule has 0 aliphatic carbocycles. The van der Waals surface area contributed by atoms with Crippen LogP contribution in [-0.2, 0) is 0 Å². The van der Waals surface area contributed by atoms with E-state index in [1.807, 2.05) is 0 Å². The van der Waals surface area contributed by atoms with Crippen LogP contribution in [0.4, 0.5) is 0 Å². The summed E-state index contributed by atoms with van der Waals surface area (Å²) in [6, 6.07) is 0. The topological polar surface area (TPSA) is 3.24 Å². The van der Waals surface area contributed by atoms with E-state index in [4.69, 9.17) is 0 Å². The average molecular weight is 181 g/mol. The van der Waals surface area contributed by atoms with Gasteiger partial charge in [0.25, 0.3) is 0 Å². The lowest BCUT2D eigenvalue weighted by molar-refractivity contribution is 0.292. The second-order valence-corrected chi connectivity index (χ2v) is 4.98. The fourth-order valence-electron chi connectivity index (χ4n) is 1.92. The summed E-state index contributed by atoms with van der Waals surface area (Å²) in [6.45, 7) is 15.7. The minimum atomic E-state index is 0.540. The van der Waals surface area contributed by atoms with Gasteiger partial charge in [0, 0.05) is 18.8 Å². The molecule has 0 radical (unpaired) electrons. The van der Waals surface area contributed by atoms with Gasteiger partial charge in [-0.3, -0.25) is 0 Å². The van der Waals surface area contributed by atoms with Crippen molar-refractivity contribution in [3.63, 3.8) is 0 Å². The third-order valence-corrected chi connectivity index (χ3v) is 3.48. The summed E-state index contributed by atoms with van der Waals surface area (Å²) in [5, 5.41) is 0. The highest BCUT2D eigenvalue weighted by Crippen LogP contribution is 2.35. The number of allylic oxidation sites excluding steroid dienone is 1. The van der Waals surface area contributed by atoms with Crippen molar-refractivity contribution in [2.45, 2.75) is 40.5 Å². The van der Waals surface area contributed by atoms with Gasteiger partial charge in [0.05, 0.1) is 0 Å². The van der Waals surface area contributed by atoms with Crippen LogP contribution < -0.4 is 0 Å². The molecule has 1 unspecified atom stereocenters. The van der Waals surface area contributed by atoms with Gasteiger partial charge in [-0.1, -0.05) is 34.3 Å². The molecule has 1 aliphatic rings. The van der Waals surface area contributed by atoms with Gasteiger partial charge < -0.3 is 4.90 Å². The predicted molar refractivity (Wildman–Crippen MR) is 58.6 cm³/mol. The molecule has 0 N–H and O–H groups in total. The molecule has 1 saturated heterocycles. The van der Waals surface area contributed by atoms with Crippen LogP contribution in [0.15, 0.2) is 12.3 Å². The van der Waals surface area contributed by atoms with Gasteiger partial charge in [-0.25, -0.2) is 0 Å². The molecule has 76 valence electrons. The van der Waals surface area contributed by atoms with E-state index in [9.17, 15) is 0 Å². The van der Waals surface area contributed by atoms with Crippen molar-refractivity contribution in [2.75, 3.05) is 13.1 Å². The standard InChI is InChI=1S/C12H23N/c1-6-12(5)7-8-13(9-12)11(4)10(2)3/h10H,4,6-9H2,1-3,5H3. The first-order valence-electron chi connectivity index (χ1n) is 5.42. The molecular weight excluding hydrogens is 158 g/mol. The Labute approximate surface area is 82.8 Å². The zero-order chi connectivity index (χ0) is 10.1. The molecule has 1 nitrogen and oxygen atoms in total. The van der Waals surface area contributed by atoms with E-state index in [2.05, 4.69) is 39.2 Å². The fourth-order valence-corrected chi connectivity index (χ4v) is 1.92. The van der Waals surface area contributed by atoms with Crippen molar-refractivity contribution < 1.29 is 0 Å². The van der Waals surface area contributed by atoms with Crippen LogP contribution in [0.5, 0.6) is 0 Å². The van der Waals surface area contributed by atoms with Crippen molar-refractivity contribution in [1.29, 1.82) is 0 Å². The Morgan fingerprint density at radius 3 is 2.54 bits per heavy atom. The van der Waals surface area contributed by atoms with Crippen LogP contribution in [0.2, 0.25) is 0 Å². The van der Waals surface area contributed by atoms with Gasteiger partial charge in [-0.15, -0.1) is 0 Å². The maximum absolute atomic E-state index is 4.16. The number of hydrogen-bond acceptors (Lipinski definition) is 1. The number of nitrogens with zero attached hydrogens (tertiary/aromatic N) is 1. The molecule has 1 atom stereocenters. The van der Waals surface area contributed by atoms with Gasteiger partial charge in [0.1, 0.15) is 0 Å². The molecule has 0 aromatic rings. The Bertz CT molecular complexity index is 195. The first-order valence-corrected chi connectivity index (χ1v) is 5.42. The highest BCUT2D eigenvalue weighted by molar-refractivity contribution is 5.02. The third-order valence-electron chi connectivity index (χ3n) is 3.48. The van der Waals surface area contributed by atoms with Crippen LogP contribution in [0.25, 0.3) is 0 Å². The highest BCUT2D eigenvalue weighted by atomic mass is 15.2. The van der Waals surface area contributed by atoms with Crippen LogP contribution in [0, 0.1) is 11.3 Å². The van der Waals surface area contributed by atoms with Crippen molar-refractivity contribution in [3.8, 4) is 0 Å². The van der Waals surface area contributed by atoms with Gasteiger partial charge >= 0.3 is 0 Å². The zero-order valence-electron chi connectivity index (χ0n) is 9.56. The first-order chi connectivity index (χ1) is 5.98. The molecule has 1 fully saturated rings. The second-order valence-electron chi connectivity index (χ2n) is 4.98. The summed E-state index contributed by atoms with van der Waals surface area (Å²) >= 11 is 0. The zero-order valence-corrected chi connectivity index (χ0v) is 9.56. The molecule has 1 heterocycles. The van der Waals surface area contributed by atoms with Gasteiger partial charge in [0.15, 0.2) is 0 Å². The number of hydrogen-bond donors (Lipinski definition) is 0. The number of likely N-dealkylation sites (tertiary alicyclic amines) is 1. The van der Waals surface area contributed by atoms with E-state index in [1.54, 1.807) is 0 Å². The predicted octanol–water partition coefficient (Wildman–Crippen LogP) is 3.28. The summed E-state index contributed by atoms with van der Waals surface area (Å²) in [4.78, 5) is 2.47. The molecule has 0 aromatic carbocycles. The molecule has 0 amide bonds. The normalized spacial score (nSPS) is 28.5. The summed E-state index contributed by atoms with van der Waals surface area (Å²) in [7, 11) is 0. The van der Waals surface area contributed by atoms with Crippen molar-refractivity contribution in [2.24, 2.45) is 11.3 Å². The Balaban J connectivity index is 2.55. The van der Waals surface area contributed by atoms with Crippen LogP contribution >= 0.6 is 0 Å². The lowest BCUT2D eigenvalue weighted by Gasteiger charge is -2.27. The van der Waals surface area contributed by atoms with E-state index >= 15 is 0 Å². The van der Waals surface area contributed by atoms with E-state index < -0.39 is 0 Å². The lowest BCUT2D eigenvalue weighted by atomic mass is 9.87. The van der Waals surface area contributed by atoms with Gasteiger partial charge in [0.2, 0.25) is 0 Å². The van der Waals surface area contributed by atoms with Crippen molar-refractivity contribution >= 4 is 0 Å².